The average molecular weight is 507 g/mol. The number of anilines is 3. The summed E-state index contributed by atoms with van der Waals surface area (Å²) in [5, 5.41) is 18.3. The minimum absolute atomic E-state index is 0.0635. The number of amides is 1. The summed E-state index contributed by atoms with van der Waals surface area (Å²) in [4.78, 5) is 27.1. The van der Waals surface area contributed by atoms with Crippen molar-refractivity contribution in [1.82, 2.24) is 40.1 Å². The Labute approximate surface area is 211 Å². The van der Waals surface area contributed by atoms with Gasteiger partial charge in [-0.3, -0.25) is 4.79 Å². The van der Waals surface area contributed by atoms with Crippen molar-refractivity contribution in [3.05, 3.63) is 60.2 Å². The van der Waals surface area contributed by atoms with Crippen molar-refractivity contribution < 1.29 is 9.53 Å². The molecule has 36 heavy (non-hydrogen) atoms. The zero-order chi connectivity index (χ0) is 25.1. The maximum atomic E-state index is 11.9. The van der Waals surface area contributed by atoms with Gasteiger partial charge in [0.15, 0.2) is 11.6 Å². The first-order valence-electron chi connectivity index (χ1n) is 11.2. The molecule has 1 amide bonds. The SMILES string of the molecule is C=CC(=O)N1CC[C@H](Nc2ccc3ncnc(Nc4ccc(OCc5nnnn5C)c(Cl)c4)c3n2)C1. The second-order valence-corrected chi connectivity index (χ2v) is 8.59. The number of carbonyl (C=O) groups is 1. The van der Waals surface area contributed by atoms with E-state index in [2.05, 4.69) is 42.7 Å². The van der Waals surface area contributed by atoms with E-state index in [4.69, 9.17) is 21.3 Å². The van der Waals surface area contributed by atoms with Crippen LogP contribution < -0.4 is 15.4 Å². The summed E-state index contributed by atoms with van der Waals surface area (Å²) in [5.41, 5.74) is 2.00. The van der Waals surface area contributed by atoms with Crippen LogP contribution in [0.25, 0.3) is 11.0 Å². The Morgan fingerprint density at radius 2 is 2.19 bits per heavy atom. The molecular formula is C23H23ClN10O2. The number of pyridine rings is 1. The highest BCUT2D eigenvalue weighted by Gasteiger charge is 2.25. The Morgan fingerprint density at radius 1 is 1.31 bits per heavy atom. The third-order valence-corrected chi connectivity index (χ3v) is 6.06. The van der Waals surface area contributed by atoms with E-state index in [1.165, 1.54) is 17.1 Å². The second-order valence-electron chi connectivity index (χ2n) is 8.18. The van der Waals surface area contributed by atoms with E-state index in [0.29, 0.717) is 58.0 Å². The van der Waals surface area contributed by atoms with Gasteiger partial charge in [0.05, 0.1) is 10.5 Å². The molecule has 4 aromatic rings. The monoisotopic (exact) mass is 506 g/mol. The number of rotatable bonds is 8. The lowest BCUT2D eigenvalue weighted by atomic mass is 10.2. The van der Waals surface area contributed by atoms with Gasteiger partial charge in [-0.15, -0.1) is 5.10 Å². The molecule has 0 radical (unpaired) electrons. The van der Waals surface area contributed by atoms with Crippen LogP contribution in [0.5, 0.6) is 5.75 Å². The number of hydrogen-bond donors (Lipinski definition) is 2. The zero-order valence-electron chi connectivity index (χ0n) is 19.4. The third kappa shape index (κ3) is 5.03. The van der Waals surface area contributed by atoms with Gasteiger partial charge < -0.3 is 20.3 Å². The number of aromatic nitrogens is 7. The number of halogens is 1. The lowest BCUT2D eigenvalue weighted by molar-refractivity contribution is -0.125. The van der Waals surface area contributed by atoms with Crippen molar-refractivity contribution in [1.29, 1.82) is 0 Å². The van der Waals surface area contributed by atoms with Gasteiger partial charge in [0, 0.05) is 31.9 Å². The lowest BCUT2D eigenvalue weighted by Crippen LogP contribution is -2.30. The molecule has 2 N–H and O–H groups in total. The van der Waals surface area contributed by atoms with Crippen LogP contribution in [0.2, 0.25) is 5.02 Å². The van der Waals surface area contributed by atoms with E-state index >= 15 is 0 Å². The quantitative estimate of drug-likeness (QED) is 0.343. The van der Waals surface area contributed by atoms with Gasteiger partial charge in [0.1, 0.15) is 30.0 Å². The topological polar surface area (TPSA) is 136 Å². The van der Waals surface area contributed by atoms with Gasteiger partial charge in [-0.05, 0) is 53.3 Å². The van der Waals surface area contributed by atoms with Crippen molar-refractivity contribution in [2.24, 2.45) is 7.05 Å². The molecule has 0 bridgehead atoms. The van der Waals surface area contributed by atoms with Gasteiger partial charge in [0.25, 0.3) is 0 Å². The van der Waals surface area contributed by atoms with Crippen molar-refractivity contribution in [2.75, 3.05) is 23.7 Å². The molecule has 13 heteroatoms. The van der Waals surface area contributed by atoms with Crippen LogP contribution in [-0.2, 0) is 18.4 Å². The largest absolute Gasteiger partial charge is 0.484 e. The summed E-state index contributed by atoms with van der Waals surface area (Å²) in [5.74, 6) is 2.23. The number of fused-ring (bicyclic) bond motifs is 1. The number of aryl methyl sites for hydroxylation is 1. The summed E-state index contributed by atoms with van der Waals surface area (Å²) in [6.07, 6.45) is 3.64. The van der Waals surface area contributed by atoms with Crippen LogP contribution in [-0.4, -0.2) is 65.1 Å². The number of likely N-dealkylation sites (tertiary alicyclic amines) is 1. The first kappa shape index (κ1) is 23.4. The zero-order valence-corrected chi connectivity index (χ0v) is 20.2. The Bertz CT molecular complexity index is 1430. The highest BCUT2D eigenvalue weighted by Crippen LogP contribution is 2.31. The fraction of sp³-hybridized carbons (Fsp3) is 0.261. The first-order chi connectivity index (χ1) is 17.5. The maximum absolute atomic E-state index is 11.9. The molecule has 3 aromatic heterocycles. The molecule has 0 aliphatic carbocycles. The van der Waals surface area contributed by atoms with E-state index in [1.807, 2.05) is 18.2 Å². The summed E-state index contributed by atoms with van der Waals surface area (Å²) in [6, 6.07) is 9.18. The Balaban J connectivity index is 1.30. The van der Waals surface area contributed by atoms with Gasteiger partial charge >= 0.3 is 0 Å². The van der Waals surface area contributed by atoms with Crippen LogP contribution in [0.1, 0.15) is 12.2 Å². The molecule has 1 aromatic carbocycles. The highest BCUT2D eigenvalue weighted by molar-refractivity contribution is 6.32. The molecule has 4 heterocycles. The average Bonchev–Trinajstić information content (AvgIpc) is 3.52. The molecular weight excluding hydrogens is 484 g/mol. The van der Waals surface area contributed by atoms with Crippen molar-refractivity contribution >= 4 is 45.9 Å². The molecule has 1 saturated heterocycles. The Morgan fingerprint density at radius 3 is 2.97 bits per heavy atom. The van der Waals surface area contributed by atoms with E-state index in [-0.39, 0.29) is 18.6 Å². The number of benzene rings is 1. The predicted molar refractivity (Wildman–Crippen MR) is 134 cm³/mol. The van der Waals surface area contributed by atoms with E-state index in [1.54, 1.807) is 24.1 Å². The summed E-state index contributed by atoms with van der Waals surface area (Å²) < 4.78 is 7.28. The number of carbonyl (C=O) groups excluding carboxylic acids is 1. The third-order valence-electron chi connectivity index (χ3n) is 5.77. The smallest absolute Gasteiger partial charge is 0.246 e. The number of nitrogens with zero attached hydrogens (tertiary/aromatic N) is 8. The van der Waals surface area contributed by atoms with Gasteiger partial charge in [-0.2, -0.15) is 0 Å². The fourth-order valence-electron chi connectivity index (χ4n) is 3.87. The van der Waals surface area contributed by atoms with Crippen LogP contribution in [0.3, 0.4) is 0 Å². The van der Waals surface area contributed by atoms with Crippen molar-refractivity contribution in [3.8, 4) is 5.75 Å². The Kier molecular flexibility index (Phi) is 6.58. The van der Waals surface area contributed by atoms with E-state index in [0.717, 1.165) is 6.42 Å². The van der Waals surface area contributed by atoms with Gasteiger partial charge in [0.2, 0.25) is 5.91 Å². The maximum Gasteiger partial charge on any atom is 0.246 e. The number of ether oxygens (including phenoxy) is 1. The molecule has 0 saturated carbocycles. The molecule has 0 spiro atoms. The van der Waals surface area contributed by atoms with E-state index in [9.17, 15) is 4.79 Å². The first-order valence-corrected chi connectivity index (χ1v) is 11.6. The number of hydrogen-bond acceptors (Lipinski definition) is 10. The Hall–Kier alpha value is -4.32. The molecule has 1 aliphatic rings. The van der Waals surface area contributed by atoms with Crippen LogP contribution in [0.4, 0.5) is 17.3 Å². The van der Waals surface area contributed by atoms with Crippen LogP contribution >= 0.6 is 11.6 Å². The van der Waals surface area contributed by atoms with Crippen molar-refractivity contribution in [3.63, 3.8) is 0 Å². The fourth-order valence-corrected chi connectivity index (χ4v) is 4.11. The molecule has 1 aliphatic heterocycles. The van der Waals surface area contributed by atoms with Crippen LogP contribution in [0.15, 0.2) is 49.3 Å². The molecule has 12 nitrogen and oxygen atoms in total. The standard InChI is InChI=1S/C23H23ClN10O2/c1-3-21(35)34-9-8-15(11-34)27-19-7-5-17-22(29-19)23(26-13-25-17)28-14-4-6-18(16(24)10-14)36-12-20-30-31-32-33(20)2/h3-7,10,13,15H,1,8-9,11-12H2,2H3,(H,27,29)(H,25,26,28)/t15-/m0/s1. The van der Waals surface area contributed by atoms with Crippen molar-refractivity contribution in [2.45, 2.75) is 19.1 Å². The lowest BCUT2D eigenvalue weighted by Gasteiger charge is -2.16. The predicted octanol–water partition coefficient (Wildman–Crippen LogP) is 2.72. The molecule has 184 valence electrons. The van der Waals surface area contributed by atoms with Gasteiger partial charge in [-0.1, -0.05) is 18.2 Å². The minimum Gasteiger partial charge on any atom is -0.484 e. The number of nitrogens with one attached hydrogen (secondary N) is 2. The minimum atomic E-state index is -0.0635. The highest BCUT2D eigenvalue weighted by atomic mass is 35.5. The normalized spacial score (nSPS) is 15.2. The second kappa shape index (κ2) is 10.1. The van der Waals surface area contributed by atoms with Crippen LogP contribution in [0, 0.1) is 0 Å². The molecule has 5 rings (SSSR count). The molecule has 0 unspecified atom stereocenters. The number of tetrazole rings is 1. The van der Waals surface area contributed by atoms with Gasteiger partial charge in [-0.25, -0.2) is 19.6 Å². The van der Waals surface area contributed by atoms with E-state index < -0.39 is 0 Å². The molecule has 1 atom stereocenters. The molecule has 1 fully saturated rings. The summed E-state index contributed by atoms with van der Waals surface area (Å²) >= 11 is 6.44. The summed E-state index contributed by atoms with van der Waals surface area (Å²) in [7, 11) is 1.74. The summed E-state index contributed by atoms with van der Waals surface area (Å²) in [6.45, 7) is 5.03.